The lowest BCUT2D eigenvalue weighted by Crippen LogP contribution is -2.35. The van der Waals surface area contributed by atoms with Crippen LogP contribution in [-0.4, -0.2) is 40.3 Å². The van der Waals surface area contributed by atoms with E-state index in [0.29, 0.717) is 18.2 Å². The second kappa shape index (κ2) is 7.39. The van der Waals surface area contributed by atoms with Crippen LogP contribution in [0.15, 0.2) is 52.5 Å². The van der Waals surface area contributed by atoms with Gasteiger partial charge in [0.05, 0.1) is 23.9 Å². The van der Waals surface area contributed by atoms with Crippen LogP contribution < -0.4 is 0 Å². The Kier molecular flexibility index (Phi) is 4.72. The number of aryl methyl sites for hydroxylation is 1. The maximum absolute atomic E-state index is 14.0. The molecule has 0 N–H and O–H groups in total. The van der Waals surface area contributed by atoms with Crippen LogP contribution in [0.5, 0.6) is 0 Å². The normalized spacial score (nSPS) is 24.2. The number of thiazole rings is 1. The van der Waals surface area contributed by atoms with Crippen molar-refractivity contribution < 1.29 is 13.6 Å². The van der Waals surface area contributed by atoms with Crippen LogP contribution in [0.4, 0.5) is 4.39 Å². The van der Waals surface area contributed by atoms with E-state index >= 15 is 0 Å². The van der Waals surface area contributed by atoms with Crippen LogP contribution in [-0.2, 0) is 6.54 Å². The summed E-state index contributed by atoms with van der Waals surface area (Å²) in [6.07, 6.45) is 1.69. The Hall–Kier alpha value is -2.51. The average molecular weight is 412 g/mol. The van der Waals surface area contributed by atoms with Gasteiger partial charge in [0.1, 0.15) is 17.3 Å². The molecule has 0 unspecified atom stereocenters. The van der Waals surface area contributed by atoms with Gasteiger partial charge in [-0.1, -0.05) is 12.1 Å². The van der Waals surface area contributed by atoms with E-state index in [9.17, 15) is 9.18 Å². The number of carbonyl (C=O) groups is 1. The van der Waals surface area contributed by atoms with E-state index in [1.807, 2.05) is 35.4 Å². The number of hydrogen-bond acceptors (Lipinski definition) is 5. The van der Waals surface area contributed by atoms with E-state index < -0.39 is 0 Å². The van der Waals surface area contributed by atoms with Gasteiger partial charge in [-0.05, 0) is 42.7 Å². The second-order valence-corrected chi connectivity index (χ2v) is 8.97. The fourth-order valence-electron chi connectivity index (χ4n) is 4.82. The van der Waals surface area contributed by atoms with E-state index in [4.69, 9.17) is 4.42 Å². The summed E-state index contributed by atoms with van der Waals surface area (Å²) < 4.78 is 19.5. The number of amides is 1. The highest BCUT2D eigenvalue weighted by Gasteiger charge is 2.49. The maximum Gasteiger partial charge on any atom is 0.273 e. The van der Waals surface area contributed by atoms with Crippen LogP contribution in [0.25, 0.3) is 0 Å². The van der Waals surface area contributed by atoms with E-state index in [0.717, 1.165) is 36.0 Å². The molecular formula is C22H22FN3O2S. The number of furan rings is 1. The zero-order chi connectivity index (χ0) is 20.0. The van der Waals surface area contributed by atoms with Crippen molar-refractivity contribution >= 4 is 17.2 Å². The summed E-state index contributed by atoms with van der Waals surface area (Å²) in [7, 11) is 0. The summed E-state index contributed by atoms with van der Waals surface area (Å²) >= 11 is 1.48. The minimum absolute atomic E-state index is 0.0596. The summed E-state index contributed by atoms with van der Waals surface area (Å²) in [5, 5.41) is 2.69. The molecule has 2 saturated heterocycles. The van der Waals surface area contributed by atoms with Crippen molar-refractivity contribution in [2.45, 2.75) is 19.5 Å². The van der Waals surface area contributed by atoms with E-state index in [1.54, 1.807) is 18.4 Å². The number of fused-ring (bicyclic) bond motifs is 1. The minimum atomic E-state index is -0.270. The van der Waals surface area contributed by atoms with Crippen LogP contribution in [0.2, 0.25) is 0 Å². The Morgan fingerprint density at radius 3 is 2.90 bits per heavy atom. The van der Waals surface area contributed by atoms with Crippen molar-refractivity contribution in [2.75, 3.05) is 19.6 Å². The van der Waals surface area contributed by atoms with Crippen LogP contribution in [0.1, 0.15) is 32.9 Å². The van der Waals surface area contributed by atoms with Gasteiger partial charge in [0, 0.05) is 30.9 Å². The highest BCUT2D eigenvalue weighted by atomic mass is 32.1. The quantitative estimate of drug-likeness (QED) is 0.648. The second-order valence-electron chi connectivity index (χ2n) is 7.91. The molecule has 0 saturated carbocycles. The lowest BCUT2D eigenvalue weighted by atomic mass is 9.89. The van der Waals surface area contributed by atoms with Gasteiger partial charge >= 0.3 is 0 Å². The number of nitrogens with zero attached hydrogens (tertiary/aromatic N) is 3. The fourth-order valence-corrected chi connectivity index (χ4v) is 5.41. The number of rotatable bonds is 4. The highest BCUT2D eigenvalue weighted by molar-refractivity contribution is 7.09. The zero-order valence-corrected chi connectivity index (χ0v) is 16.9. The molecule has 0 spiro atoms. The van der Waals surface area contributed by atoms with Crippen molar-refractivity contribution in [2.24, 2.45) is 11.8 Å². The molecule has 29 heavy (non-hydrogen) atoms. The summed E-state index contributed by atoms with van der Waals surface area (Å²) in [4.78, 5) is 21.9. The summed E-state index contributed by atoms with van der Waals surface area (Å²) in [5.41, 5.74) is 1.35. The van der Waals surface area contributed by atoms with Gasteiger partial charge in [-0.3, -0.25) is 9.69 Å². The summed E-state index contributed by atoms with van der Waals surface area (Å²) in [5.74, 6) is 1.22. The number of halogens is 1. The minimum Gasteiger partial charge on any atom is -0.468 e. The molecule has 5 rings (SSSR count). The molecule has 150 valence electrons. The van der Waals surface area contributed by atoms with Crippen molar-refractivity contribution in [3.8, 4) is 0 Å². The molecule has 2 aliphatic rings. The molecule has 4 heterocycles. The third-order valence-electron chi connectivity index (χ3n) is 5.99. The standard InChI is InChI=1S/C22H22FN3O2S/c1-14-24-20(13-29-14)22(27)26-10-16-9-25(11-18-6-3-7-28-18)12-19(16)21(26)15-4-2-5-17(23)8-15/h2-8,13,16,19,21H,9-12H2,1H3/t16-,19-,21+/m0/s1. The molecule has 5 nitrogen and oxygen atoms in total. The monoisotopic (exact) mass is 411 g/mol. The van der Waals surface area contributed by atoms with Gasteiger partial charge in [-0.25, -0.2) is 9.37 Å². The largest absolute Gasteiger partial charge is 0.468 e. The Balaban J connectivity index is 1.43. The maximum atomic E-state index is 14.0. The molecule has 0 aliphatic carbocycles. The van der Waals surface area contributed by atoms with Crippen molar-refractivity contribution in [1.29, 1.82) is 0 Å². The first-order chi connectivity index (χ1) is 14.1. The summed E-state index contributed by atoms with van der Waals surface area (Å²) in [6, 6.07) is 10.4. The Bertz CT molecular complexity index is 1020. The number of aromatic nitrogens is 1. The molecule has 1 amide bonds. The first kappa shape index (κ1) is 18.5. The molecule has 7 heteroatoms. The van der Waals surface area contributed by atoms with Gasteiger partial charge in [0.25, 0.3) is 5.91 Å². The molecule has 3 aromatic rings. The van der Waals surface area contributed by atoms with E-state index in [1.165, 1.54) is 17.4 Å². The van der Waals surface area contributed by atoms with Gasteiger partial charge in [-0.2, -0.15) is 0 Å². The lowest BCUT2D eigenvalue weighted by molar-refractivity contribution is 0.0693. The Labute approximate surface area is 172 Å². The Morgan fingerprint density at radius 1 is 1.28 bits per heavy atom. The predicted molar refractivity (Wildman–Crippen MR) is 108 cm³/mol. The first-order valence-corrected chi connectivity index (χ1v) is 10.7. The van der Waals surface area contributed by atoms with Gasteiger partial charge in [0.15, 0.2) is 0 Å². The first-order valence-electron chi connectivity index (χ1n) is 9.82. The number of likely N-dealkylation sites (tertiary alicyclic amines) is 2. The van der Waals surface area contributed by atoms with Crippen LogP contribution in [0, 0.1) is 24.6 Å². The number of carbonyl (C=O) groups excluding carboxylic acids is 1. The zero-order valence-electron chi connectivity index (χ0n) is 16.1. The van der Waals surface area contributed by atoms with Crippen molar-refractivity contribution in [1.82, 2.24) is 14.8 Å². The predicted octanol–water partition coefficient (Wildman–Crippen LogP) is 4.13. The highest BCUT2D eigenvalue weighted by Crippen LogP contribution is 2.46. The number of benzene rings is 1. The average Bonchev–Trinajstić information content (AvgIpc) is 3.46. The summed E-state index contributed by atoms with van der Waals surface area (Å²) in [6.45, 7) is 5.07. The Morgan fingerprint density at radius 2 is 2.17 bits per heavy atom. The number of hydrogen-bond donors (Lipinski definition) is 0. The molecule has 1 aromatic carbocycles. The van der Waals surface area contributed by atoms with Gasteiger partial charge < -0.3 is 9.32 Å². The van der Waals surface area contributed by atoms with Crippen LogP contribution in [0.3, 0.4) is 0 Å². The van der Waals surface area contributed by atoms with Gasteiger partial charge in [0.2, 0.25) is 0 Å². The third-order valence-corrected chi connectivity index (χ3v) is 6.76. The van der Waals surface area contributed by atoms with Gasteiger partial charge in [-0.15, -0.1) is 11.3 Å². The molecule has 3 atom stereocenters. The molecule has 2 fully saturated rings. The molecule has 2 aliphatic heterocycles. The lowest BCUT2D eigenvalue weighted by Gasteiger charge is -2.29. The van der Waals surface area contributed by atoms with Crippen LogP contribution >= 0.6 is 11.3 Å². The third kappa shape index (κ3) is 3.49. The smallest absolute Gasteiger partial charge is 0.273 e. The topological polar surface area (TPSA) is 49.6 Å². The molecule has 2 aromatic heterocycles. The van der Waals surface area contributed by atoms with E-state index in [2.05, 4.69) is 9.88 Å². The molecule has 0 bridgehead atoms. The van der Waals surface area contributed by atoms with Crippen molar-refractivity contribution in [3.05, 3.63) is 75.9 Å². The SMILES string of the molecule is Cc1nc(C(=O)N2C[C@@H]3CN(Cc4ccco4)C[C@@H]3[C@H]2c2cccc(F)c2)cs1. The fraction of sp³-hybridized carbons (Fsp3) is 0.364. The molecule has 0 radical (unpaired) electrons. The van der Waals surface area contributed by atoms with E-state index in [-0.39, 0.29) is 23.7 Å². The molecular weight excluding hydrogens is 389 g/mol. The van der Waals surface area contributed by atoms with Crippen molar-refractivity contribution in [3.63, 3.8) is 0 Å².